The van der Waals surface area contributed by atoms with Gasteiger partial charge in [0, 0.05) is 24.1 Å². The van der Waals surface area contributed by atoms with Gasteiger partial charge in [-0.3, -0.25) is 14.6 Å². The number of ether oxygens (including phenoxy) is 1. The Hall–Kier alpha value is -0.950. The molecule has 0 radical (unpaired) electrons. The minimum Gasteiger partial charge on any atom is -0.373 e. The van der Waals surface area contributed by atoms with Crippen LogP contribution < -0.4 is 5.32 Å². The molecule has 2 unspecified atom stereocenters. The Morgan fingerprint density at radius 3 is 2.48 bits per heavy atom. The van der Waals surface area contributed by atoms with E-state index in [9.17, 15) is 4.79 Å². The number of hydrogen-bond donors (Lipinski definition) is 1. The normalized spacial score (nSPS) is 25.5. The van der Waals surface area contributed by atoms with Gasteiger partial charge in [-0.05, 0) is 86.2 Å². The minimum absolute atomic E-state index is 0.0637. The molecule has 0 saturated carbocycles. The van der Waals surface area contributed by atoms with Crippen LogP contribution in [0.3, 0.4) is 0 Å². The molecule has 0 bridgehead atoms. The maximum atomic E-state index is 12.4. The van der Waals surface area contributed by atoms with E-state index < -0.39 is 0 Å². The summed E-state index contributed by atoms with van der Waals surface area (Å²) in [6.45, 7) is 12.1. The molecule has 2 atom stereocenters. The Balaban J connectivity index is 1.40. The summed E-state index contributed by atoms with van der Waals surface area (Å²) in [7, 11) is 0. The van der Waals surface area contributed by atoms with Gasteiger partial charge in [0.1, 0.15) is 0 Å². The highest BCUT2D eigenvalue weighted by molar-refractivity contribution is 9.10. The topological polar surface area (TPSA) is 44.8 Å². The summed E-state index contributed by atoms with van der Waals surface area (Å²) >= 11 is 3.52. The van der Waals surface area contributed by atoms with Crippen LogP contribution >= 0.6 is 15.9 Å². The van der Waals surface area contributed by atoms with Crippen molar-refractivity contribution in [3.63, 3.8) is 0 Å². The van der Waals surface area contributed by atoms with E-state index in [1.807, 2.05) is 25.1 Å². The molecule has 6 heteroatoms. The Morgan fingerprint density at radius 1 is 1.19 bits per heavy atom. The van der Waals surface area contributed by atoms with Gasteiger partial charge < -0.3 is 10.1 Å². The predicted octanol–water partition coefficient (Wildman–Crippen LogP) is 3.52. The molecule has 2 aliphatic rings. The maximum Gasteiger partial charge on any atom is 0.238 e. The molecule has 2 fully saturated rings. The van der Waals surface area contributed by atoms with Gasteiger partial charge in [0.2, 0.25) is 5.91 Å². The molecule has 1 amide bonds. The van der Waals surface area contributed by atoms with Crippen LogP contribution in [0.4, 0.5) is 5.69 Å². The zero-order valence-electron chi connectivity index (χ0n) is 16.7. The average Bonchev–Trinajstić information content (AvgIpc) is 2.58. The standard InChI is InChI=1S/C21H32BrN3O2/c1-15-4-5-20(19(22)10-15)23-21(26)14-24-8-6-18(7-9-24)13-25-11-16(2)27-17(3)12-25/h4-5,10,16-18H,6-9,11-14H2,1-3H3,(H,23,26). The number of aryl methyl sites for hydroxylation is 1. The van der Waals surface area contributed by atoms with Crippen LogP contribution in [-0.4, -0.2) is 67.2 Å². The van der Waals surface area contributed by atoms with Crippen LogP contribution in [0.5, 0.6) is 0 Å². The highest BCUT2D eigenvalue weighted by Crippen LogP contribution is 2.24. The number of rotatable bonds is 5. The van der Waals surface area contributed by atoms with Gasteiger partial charge in [0.15, 0.2) is 0 Å². The number of halogens is 1. The monoisotopic (exact) mass is 437 g/mol. The molecular weight excluding hydrogens is 406 g/mol. The first-order chi connectivity index (χ1) is 12.9. The van der Waals surface area contributed by atoms with Crippen molar-refractivity contribution in [3.8, 4) is 0 Å². The zero-order valence-corrected chi connectivity index (χ0v) is 18.3. The second kappa shape index (κ2) is 9.50. The van der Waals surface area contributed by atoms with Crippen molar-refractivity contribution in [1.82, 2.24) is 9.80 Å². The first-order valence-corrected chi connectivity index (χ1v) is 10.8. The molecule has 0 aliphatic carbocycles. The number of piperidine rings is 1. The number of hydrogen-bond acceptors (Lipinski definition) is 4. The van der Waals surface area contributed by atoms with Gasteiger partial charge >= 0.3 is 0 Å². The summed E-state index contributed by atoms with van der Waals surface area (Å²) in [6, 6.07) is 5.99. The molecule has 0 aromatic heterocycles. The SMILES string of the molecule is Cc1ccc(NC(=O)CN2CCC(CN3CC(C)OC(C)C3)CC2)c(Br)c1. The molecule has 27 heavy (non-hydrogen) atoms. The lowest BCUT2D eigenvalue weighted by molar-refractivity contribution is -0.117. The quantitative estimate of drug-likeness (QED) is 0.764. The molecule has 1 N–H and O–H groups in total. The number of morpholine rings is 1. The van der Waals surface area contributed by atoms with Gasteiger partial charge in [-0.15, -0.1) is 0 Å². The second-order valence-corrected chi connectivity index (χ2v) is 9.08. The second-order valence-electron chi connectivity index (χ2n) is 8.23. The van der Waals surface area contributed by atoms with Crippen LogP contribution in [0.15, 0.2) is 22.7 Å². The number of anilines is 1. The van der Waals surface area contributed by atoms with Gasteiger partial charge in [-0.25, -0.2) is 0 Å². The van der Waals surface area contributed by atoms with Crippen molar-refractivity contribution in [2.45, 2.75) is 45.8 Å². The molecule has 2 heterocycles. The highest BCUT2D eigenvalue weighted by atomic mass is 79.9. The van der Waals surface area contributed by atoms with E-state index in [-0.39, 0.29) is 5.91 Å². The van der Waals surface area contributed by atoms with Crippen LogP contribution in [0.2, 0.25) is 0 Å². The third-order valence-electron chi connectivity index (χ3n) is 5.48. The third-order valence-corrected chi connectivity index (χ3v) is 6.14. The zero-order chi connectivity index (χ0) is 19.4. The van der Waals surface area contributed by atoms with E-state index in [2.05, 4.69) is 44.9 Å². The van der Waals surface area contributed by atoms with Crippen LogP contribution in [-0.2, 0) is 9.53 Å². The number of nitrogens with zero attached hydrogens (tertiary/aromatic N) is 2. The molecule has 150 valence electrons. The summed E-state index contributed by atoms with van der Waals surface area (Å²) in [5, 5.41) is 3.02. The number of carbonyl (C=O) groups excluding carboxylic acids is 1. The number of nitrogens with one attached hydrogen (secondary N) is 1. The predicted molar refractivity (Wildman–Crippen MR) is 113 cm³/mol. The molecule has 3 rings (SSSR count). The van der Waals surface area contributed by atoms with E-state index in [0.29, 0.717) is 18.8 Å². The number of amides is 1. The van der Waals surface area contributed by atoms with Gasteiger partial charge in [-0.2, -0.15) is 0 Å². The van der Waals surface area contributed by atoms with Crippen molar-refractivity contribution < 1.29 is 9.53 Å². The van der Waals surface area contributed by atoms with E-state index in [0.717, 1.165) is 48.8 Å². The first kappa shape index (κ1) is 20.8. The molecule has 1 aromatic rings. The van der Waals surface area contributed by atoms with E-state index in [1.165, 1.54) is 18.4 Å². The Labute approximate surface area is 171 Å². The Kier molecular flexibility index (Phi) is 7.31. The van der Waals surface area contributed by atoms with Crippen molar-refractivity contribution in [1.29, 1.82) is 0 Å². The number of benzene rings is 1. The van der Waals surface area contributed by atoms with Crippen molar-refractivity contribution >= 4 is 27.5 Å². The van der Waals surface area contributed by atoms with Crippen molar-refractivity contribution in [3.05, 3.63) is 28.2 Å². The molecule has 2 saturated heterocycles. The fraction of sp³-hybridized carbons (Fsp3) is 0.667. The molecule has 5 nitrogen and oxygen atoms in total. The summed E-state index contributed by atoms with van der Waals surface area (Å²) in [5.74, 6) is 0.793. The molecule has 2 aliphatic heterocycles. The van der Waals surface area contributed by atoms with E-state index >= 15 is 0 Å². The molecular formula is C21H32BrN3O2. The summed E-state index contributed by atoms with van der Waals surface area (Å²) in [4.78, 5) is 17.2. The van der Waals surface area contributed by atoms with E-state index in [4.69, 9.17) is 4.74 Å². The number of likely N-dealkylation sites (tertiary alicyclic amines) is 1. The van der Waals surface area contributed by atoms with Gasteiger partial charge in [0.05, 0.1) is 24.4 Å². The van der Waals surface area contributed by atoms with Crippen LogP contribution in [0, 0.1) is 12.8 Å². The van der Waals surface area contributed by atoms with Gasteiger partial charge in [0.25, 0.3) is 0 Å². The highest BCUT2D eigenvalue weighted by Gasteiger charge is 2.27. The average molecular weight is 438 g/mol. The Bertz CT molecular complexity index is 636. The summed E-state index contributed by atoms with van der Waals surface area (Å²) < 4.78 is 6.77. The summed E-state index contributed by atoms with van der Waals surface area (Å²) in [5.41, 5.74) is 2.02. The number of carbonyl (C=O) groups is 1. The molecule has 1 aromatic carbocycles. The van der Waals surface area contributed by atoms with Crippen LogP contribution in [0.1, 0.15) is 32.3 Å². The molecule has 0 spiro atoms. The fourth-order valence-electron chi connectivity index (χ4n) is 4.24. The largest absolute Gasteiger partial charge is 0.373 e. The van der Waals surface area contributed by atoms with Crippen molar-refractivity contribution in [2.75, 3.05) is 44.6 Å². The van der Waals surface area contributed by atoms with Crippen molar-refractivity contribution in [2.24, 2.45) is 5.92 Å². The smallest absolute Gasteiger partial charge is 0.238 e. The fourth-order valence-corrected chi connectivity index (χ4v) is 4.83. The lowest BCUT2D eigenvalue weighted by atomic mass is 9.95. The lowest BCUT2D eigenvalue weighted by Crippen LogP contribution is -2.48. The summed E-state index contributed by atoms with van der Waals surface area (Å²) in [6.07, 6.45) is 3.00. The maximum absolute atomic E-state index is 12.4. The first-order valence-electron chi connectivity index (χ1n) is 10.0. The van der Waals surface area contributed by atoms with Gasteiger partial charge in [-0.1, -0.05) is 6.07 Å². The van der Waals surface area contributed by atoms with E-state index in [1.54, 1.807) is 0 Å². The van der Waals surface area contributed by atoms with Crippen LogP contribution in [0.25, 0.3) is 0 Å². The lowest BCUT2D eigenvalue weighted by Gasteiger charge is -2.39. The minimum atomic E-state index is 0.0637. The Morgan fingerprint density at radius 2 is 1.85 bits per heavy atom. The third kappa shape index (κ3) is 6.28.